The summed E-state index contributed by atoms with van der Waals surface area (Å²) in [6.45, 7) is 3.27. The van der Waals surface area contributed by atoms with E-state index in [0.717, 1.165) is 11.1 Å². The van der Waals surface area contributed by atoms with Gasteiger partial charge in [0.2, 0.25) is 11.8 Å². The van der Waals surface area contributed by atoms with Crippen LogP contribution >= 0.6 is 24.8 Å². The smallest absolute Gasteiger partial charge is 0.250 e. The lowest BCUT2D eigenvalue weighted by Crippen LogP contribution is -2.56. The Morgan fingerprint density at radius 1 is 1.05 bits per heavy atom. The van der Waals surface area contributed by atoms with Gasteiger partial charge in [-0.2, -0.15) is 0 Å². The molecule has 3 amide bonds. The fourth-order valence-electron chi connectivity index (χ4n) is 3.62. The van der Waals surface area contributed by atoms with Gasteiger partial charge in [-0.05, 0) is 37.1 Å². The van der Waals surface area contributed by atoms with Crippen molar-refractivity contribution in [3.8, 4) is 5.75 Å². The zero-order chi connectivity index (χ0) is 28.6. The molecule has 224 valence electrons. The summed E-state index contributed by atoms with van der Waals surface area (Å²) in [6.07, 6.45) is 3.03. The molecular weight excluding hydrogens is 571 g/mol. The lowest BCUT2D eigenvalue weighted by atomic mass is 10.1. The fourth-order valence-corrected chi connectivity index (χ4v) is 3.62. The fraction of sp³-hybridized carbons (Fsp3) is 0.357. The van der Waals surface area contributed by atoms with Crippen LogP contribution in [0.2, 0.25) is 0 Å². The van der Waals surface area contributed by atoms with Gasteiger partial charge in [0.15, 0.2) is 5.82 Å². The van der Waals surface area contributed by atoms with Crippen LogP contribution in [0.1, 0.15) is 31.0 Å². The van der Waals surface area contributed by atoms with E-state index >= 15 is 0 Å². The van der Waals surface area contributed by atoms with E-state index in [2.05, 4.69) is 15.6 Å². The van der Waals surface area contributed by atoms with E-state index in [4.69, 9.17) is 15.2 Å². The van der Waals surface area contributed by atoms with Crippen LogP contribution in [0.25, 0.3) is 0 Å². The molecule has 0 aliphatic heterocycles. The van der Waals surface area contributed by atoms with E-state index in [0.29, 0.717) is 5.75 Å². The van der Waals surface area contributed by atoms with Crippen LogP contribution in [-0.4, -0.2) is 71.6 Å². The maximum absolute atomic E-state index is 13.2. The summed E-state index contributed by atoms with van der Waals surface area (Å²) in [5.74, 6) is -0.352. The molecule has 41 heavy (non-hydrogen) atoms. The molecule has 1 aromatic heterocycles. The van der Waals surface area contributed by atoms with Crippen LogP contribution in [0.15, 0.2) is 67.1 Å². The number of ether oxygens (including phenoxy) is 2. The van der Waals surface area contributed by atoms with Crippen LogP contribution in [-0.2, 0) is 25.7 Å². The van der Waals surface area contributed by atoms with Crippen molar-refractivity contribution in [1.29, 1.82) is 0 Å². The van der Waals surface area contributed by atoms with Gasteiger partial charge >= 0.3 is 0 Å². The molecule has 2 aromatic carbocycles. The lowest BCUT2D eigenvalue weighted by molar-refractivity contribution is -0.131. The highest BCUT2D eigenvalue weighted by Gasteiger charge is 2.29. The van der Waals surface area contributed by atoms with Crippen molar-refractivity contribution < 1.29 is 23.9 Å². The van der Waals surface area contributed by atoms with E-state index in [1.54, 1.807) is 70.1 Å². The number of hydrogen-bond donors (Lipinski definition) is 3. The van der Waals surface area contributed by atoms with Gasteiger partial charge in [0.1, 0.15) is 17.8 Å². The first-order valence-corrected chi connectivity index (χ1v) is 12.4. The minimum Gasteiger partial charge on any atom is -0.497 e. The Morgan fingerprint density at radius 2 is 1.68 bits per heavy atom. The highest BCUT2D eigenvalue weighted by atomic mass is 35.5. The number of amides is 3. The summed E-state index contributed by atoms with van der Waals surface area (Å²) in [5, 5.41) is 5.36. The van der Waals surface area contributed by atoms with Gasteiger partial charge in [-0.25, -0.2) is 4.98 Å². The monoisotopic (exact) mass is 608 g/mol. The maximum Gasteiger partial charge on any atom is 0.250 e. The molecule has 0 spiro atoms. The summed E-state index contributed by atoms with van der Waals surface area (Å²) < 4.78 is 12.6. The molecule has 11 nitrogen and oxygen atoms in total. The molecule has 3 aromatic rings. The number of likely N-dealkylation sites (N-methyl/N-ethyl adjacent to an activating group) is 1. The number of benzene rings is 2. The number of hydrogen-bond acceptors (Lipinski definition) is 7. The summed E-state index contributed by atoms with van der Waals surface area (Å²) in [7, 11) is 4.90. The van der Waals surface area contributed by atoms with Crippen LogP contribution in [0.3, 0.4) is 0 Å². The molecule has 0 radical (unpaired) electrons. The Kier molecular flexibility index (Phi) is 13.8. The van der Waals surface area contributed by atoms with E-state index in [9.17, 15) is 14.4 Å². The van der Waals surface area contributed by atoms with Gasteiger partial charge in [0, 0.05) is 20.3 Å². The number of carbonyl (C=O) groups excluding carboxylic acids is 3. The third kappa shape index (κ3) is 10.0. The van der Waals surface area contributed by atoms with Gasteiger partial charge in [-0.1, -0.05) is 42.5 Å². The minimum atomic E-state index is -1.20. The van der Waals surface area contributed by atoms with Crippen molar-refractivity contribution in [2.45, 2.75) is 38.1 Å². The standard InChI is InChI=1S/C28H36N6O5.2ClH/c1-28(2,29)27(37)31-22(17-39-16-19-9-7-6-8-10-19)25(35)32-23-15-34(18-30-23)24(26(36)33(3)4)20-11-13-21(38-5)14-12-20;;/h6-15,18,22,24H,16-17,29H2,1-5H3,(H,31,37)(H,32,35);2*1H/t22-,24?;;/m1../s1. The largest absolute Gasteiger partial charge is 0.497 e. The lowest BCUT2D eigenvalue weighted by Gasteiger charge is -2.23. The van der Waals surface area contributed by atoms with E-state index in [1.165, 1.54) is 11.2 Å². The topological polar surface area (TPSA) is 141 Å². The summed E-state index contributed by atoms with van der Waals surface area (Å²) in [6, 6.07) is 14.9. The first-order valence-electron chi connectivity index (χ1n) is 12.4. The number of nitrogens with two attached hydrogens (primary N) is 1. The van der Waals surface area contributed by atoms with Crippen molar-refractivity contribution in [3.05, 3.63) is 78.2 Å². The second kappa shape index (κ2) is 16.0. The molecule has 4 N–H and O–H groups in total. The number of halogens is 2. The van der Waals surface area contributed by atoms with Crippen molar-refractivity contribution in [3.63, 3.8) is 0 Å². The zero-order valence-electron chi connectivity index (χ0n) is 23.7. The number of anilines is 1. The molecule has 0 aliphatic carbocycles. The van der Waals surface area contributed by atoms with Crippen LogP contribution in [0.5, 0.6) is 5.75 Å². The normalized spacial score (nSPS) is 12.1. The van der Waals surface area contributed by atoms with Gasteiger partial charge in [-0.15, -0.1) is 24.8 Å². The number of imidazole rings is 1. The highest BCUT2D eigenvalue weighted by Crippen LogP contribution is 2.24. The molecular formula is C28H38Cl2N6O5. The van der Waals surface area contributed by atoms with E-state index in [-0.39, 0.29) is 49.8 Å². The first kappa shape index (κ1) is 35.4. The summed E-state index contributed by atoms with van der Waals surface area (Å²) in [5.41, 5.74) is 6.37. The zero-order valence-corrected chi connectivity index (χ0v) is 25.3. The number of nitrogens with one attached hydrogen (secondary N) is 2. The molecule has 0 saturated carbocycles. The van der Waals surface area contributed by atoms with Crippen molar-refractivity contribution in [2.75, 3.05) is 33.1 Å². The van der Waals surface area contributed by atoms with Gasteiger partial charge in [0.25, 0.3) is 5.91 Å². The molecule has 13 heteroatoms. The molecule has 1 unspecified atom stereocenters. The minimum absolute atomic E-state index is 0. The van der Waals surface area contributed by atoms with Crippen molar-refractivity contribution >= 4 is 48.4 Å². The summed E-state index contributed by atoms with van der Waals surface area (Å²) >= 11 is 0. The number of aromatic nitrogens is 2. The van der Waals surface area contributed by atoms with E-state index in [1.807, 2.05) is 30.3 Å². The average molecular weight is 610 g/mol. The summed E-state index contributed by atoms with van der Waals surface area (Å²) in [4.78, 5) is 44.6. The van der Waals surface area contributed by atoms with Gasteiger partial charge in [0.05, 0.1) is 32.2 Å². The molecule has 3 rings (SSSR count). The van der Waals surface area contributed by atoms with Crippen molar-refractivity contribution in [1.82, 2.24) is 19.8 Å². The third-order valence-electron chi connectivity index (χ3n) is 5.86. The number of methoxy groups -OCH3 is 1. The van der Waals surface area contributed by atoms with Crippen LogP contribution < -0.4 is 21.1 Å². The number of carbonyl (C=O) groups is 3. The SMILES string of the molecule is COc1ccc(C(C(=O)N(C)C)n2cnc(NC(=O)[C@@H](COCc3ccccc3)NC(=O)C(C)(C)N)c2)cc1.Cl.Cl. The van der Waals surface area contributed by atoms with Crippen LogP contribution in [0, 0.1) is 0 Å². The highest BCUT2D eigenvalue weighted by molar-refractivity contribution is 5.98. The molecule has 0 fully saturated rings. The molecule has 2 atom stereocenters. The van der Waals surface area contributed by atoms with Gasteiger partial charge < -0.3 is 35.3 Å². The molecule has 0 bridgehead atoms. The Balaban J connectivity index is 0.00000420. The second-order valence-electron chi connectivity index (χ2n) is 9.85. The Hall–Kier alpha value is -3.64. The van der Waals surface area contributed by atoms with Crippen LogP contribution in [0.4, 0.5) is 5.82 Å². The predicted molar refractivity (Wildman–Crippen MR) is 161 cm³/mol. The average Bonchev–Trinajstić information content (AvgIpc) is 3.36. The predicted octanol–water partition coefficient (Wildman–Crippen LogP) is 2.79. The quantitative estimate of drug-likeness (QED) is 0.287. The van der Waals surface area contributed by atoms with E-state index < -0.39 is 29.4 Å². The Labute approximate surface area is 252 Å². The van der Waals surface area contributed by atoms with Gasteiger partial charge in [-0.3, -0.25) is 14.4 Å². The number of rotatable bonds is 12. The Morgan fingerprint density at radius 3 is 2.24 bits per heavy atom. The maximum atomic E-state index is 13.2. The molecule has 0 saturated heterocycles. The Bertz CT molecular complexity index is 1260. The second-order valence-corrected chi connectivity index (χ2v) is 9.85. The number of nitrogens with zero attached hydrogens (tertiary/aromatic N) is 3. The van der Waals surface area contributed by atoms with Crippen molar-refractivity contribution in [2.24, 2.45) is 5.73 Å². The third-order valence-corrected chi connectivity index (χ3v) is 5.86. The molecule has 0 aliphatic rings. The first-order chi connectivity index (χ1) is 18.5. The molecule has 1 heterocycles.